The summed E-state index contributed by atoms with van der Waals surface area (Å²) in [6.07, 6.45) is 0. The number of thioether (sulfide) groups is 1. The van der Waals surface area contributed by atoms with Crippen molar-refractivity contribution in [3.8, 4) is 22.9 Å². The number of benzene rings is 2. The summed E-state index contributed by atoms with van der Waals surface area (Å²) >= 11 is 7.28. The maximum atomic E-state index is 12.3. The highest BCUT2D eigenvalue weighted by Gasteiger charge is 2.14. The van der Waals surface area contributed by atoms with Crippen LogP contribution in [0.15, 0.2) is 47.6 Å². The molecule has 3 aromatic rings. The standard InChI is InChI=1S/C19H19ClN4O3S/c1-24-18(12-5-4-6-14(9-12)26-2)22-23-19(24)28-11-17(25)21-15-10-13(20)7-8-16(15)27-3/h4-10H,11H2,1-3H3,(H,21,25). The van der Waals surface area contributed by atoms with E-state index in [1.54, 1.807) is 25.3 Å². The first-order chi connectivity index (χ1) is 13.5. The molecule has 7 nitrogen and oxygen atoms in total. The molecule has 1 heterocycles. The number of hydrogen-bond donors (Lipinski definition) is 1. The summed E-state index contributed by atoms with van der Waals surface area (Å²) in [5, 5.41) is 12.4. The molecule has 2 aromatic carbocycles. The molecule has 1 aromatic heterocycles. The summed E-state index contributed by atoms with van der Waals surface area (Å²) < 4.78 is 12.3. The molecule has 1 amide bonds. The molecule has 0 aliphatic carbocycles. The second kappa shape index (κ2) is 8.99. The van der Waals surface area contributed by atoms with Gasteiger partial charge in [0.2, 0.25) is 5.91 Å². The van der Waals surface area contributed by atoms with Gasteiger partial charge < -0.3 is 19.4 Å². The van der Waals surface area contributed by atoms with E-state index in [2.05, 4.69) is 15.5 Å². The van der Waals surface area contributed by atoms with Crippen LogP contribution in [0.1, 0.15) is 0 Å². The summed E-state index contributed by atoms with van der Waals surface area (Å²) in [4.78, 5) is 12.3. The number of methoxy groups -OCH3 is 2. The minimum absolute atomic E-state index is 0.166. The number of ether oxygens (including phenoxy) is 2. The maximum absolute atomic E-state index is 12.3. The molecule has 0 aliphatic rings. The highest BCUT2D eigenvalue weighted by Crippen LogP contribution is 2.29. The van der Waals surface area contributed by atoms with Crippen LogP contribution in [0.4, 0.5) is 5.69 Å². The number of rotatable bonds is 7. The van der Waals surface area contributed by atoms with Crippen LogP contribution in [0.25, 0.3) is 11.4 Å². The quantitative estimate of drug-likeness (QED) is 0.586. The van der Waals surface area contributed by atoms with Gasteiger partial charge in [0.05, 0.1) is 25.7 Å². The second-order valence-electron chi connectivity index (χ2n) is 5.78. The molecular weight excluding hydrogens is 400 g/mol. The normalized spacial score (nSPS) is 10.6. The molecule has 0 atom stereocenters. The van der Waals surface area contributed by atoms with Gasteiger partial charge in [0.25, 0.3) is 0 Å². The fourth-order valence-corrected chi connectivity index (χ4v) is 3.43. The van der Waals surface area contributed by atoms with E-state index < -0.39 is 0 Å². The number of carbonyl (C=O) groups is 1. The Hall–Kier alpha value is -2.71. The van der Waals surface area contributed by atoms with Gasteiger partial charge in [0.15, 0.2) is 11.0 Å². The van der Waals surface area contributed by atoms with Crippen LogP contribution in [0, 0.1) is 0 Å². The number of halogens is 1. The number of aromatic nitrogens is 3. The van der Waals surface area contributed by atoms with E-state index in [-0.39, 0.29) is 11.7 Å². The van der Waals surface area contributed by atoms with Crippen LogP contribution in [-0.2, 0) is 11.8 Å². The summed E-state index contributed by atoms with van der Waals surface area (Å²) in [6, 6.07) is 12.6. The summed E-state index contributed by atoms with van der Waals surface area (Å²) in [7, 11) is 5.01. The summed E-state index contributed by atoms with van der Waals surface area (Å²) in [5.41, 5.74) is 1.41. The summed E-state index contributed by atoms with van der Waals surface area (Å²) in [6.45, 7) is 0. The first-order valence-corrected chi connectivity index (χ1v) is 9.68. The van der Waals surface area contributed by atoms with Gasteiger partial charge >= 0.3 is 0 Å². The average Bonchev–Trinajstić information content (AvgIpc) is 3.07. The minimum atomic E-state index is -0.198. The van der Waals surface area contributed by atoms with Crippen molar-refractivity contribution in [2.45, 2.75) is 5.16 Å². The van der Waals surface area contributed by atoms with Crippen molar-refractivity contribution in [3.05, 3.63) is 47.5 Å². The van der Waals surface area contributed by atoms with Crippen molar-refractivity contribution in [1.82, 2.24) is 14.8 Å². The third kappa shape index (κ3) is 4.58. The Labute approximate surface area is 172 Å². The molecule has 28 heavy (non-hydrogen) atoms. The predicted molar refractivity (Wildman–Crippen MR) is 110 cm³/mol. The topological polar surface area (TPSA) is 78.3 Å². The molecule has 0 aliphatic heterocycles. The largest absolute Gasteiger partial charge is 0.497 e. The van der Waals surface area contributed by atoms with Gasteiger partial charge in [-0.2, -0.15) is 0 Å². The molecular formula is C19H19ClN4O3S. The lowest BCUT2D eigenvalue weighted by Crippen LogP contribution is -2.15. The number of carbonyl (C=O) groups excluding carboxylic acids is 1. The van der Waals surface area contributed by atoms with Gasteiger partial charge in [-0.15, -0.1) is 10.2 Å². The third-order valence-electron chi connectivity index (χ3n) is 3.93. The van der Waals surface area contributed by atoms with Crippen LogP contribution in [0.3, 0.4) is 0 Å². The molecule has 0 fully saturated rings. The Balaban J connectivity index is 1.68. The van der Waals surface area contributed by atoms with Crippen LogP contribution in [0.5, 0.6) is 11.5 Å². The monoisotopic (exact) mass is 418 g/mol. The van der Waals surface area contributed by atoms with Crippen LogP contribution in [0.2, 0.25) is 5.02 Å². The van der Waals surface area contributed by atoms with Crippen molar-refractivity contribution in [3.63, 3.8) is 0 Å². The van der Waals surface area contributed by atoms with Gasteiger partial charge in [-0.25, -0.2) is 0 Å². The Morgan fingerprint density at radius 3 is 2.75 bits per heavy atom. The van der Waals surface area contributed by atoms with E-state index in [4.69, 9.17) is 21.1 Å². The average molecular weight is 419 g/mol. The zero-order chi connectivity index (χ0) is 20.1. The second-order valence-corrected chi connectivity index (χ2v) is 7.16. The zero-order valence-corrected chi connectivity index (χ0v) is 17.2. The molecule has 0 bridgehead atoms. The summed E-state index contributed by atoms with van der Waals surface area (Å²) in [5.74, 6) is 1.95. The number of hydrogen-bond acceptors (Lipinski definition) is 6. The molecule has 0 spiro atoms. The van der Waals surface area contributed by atoms with Gasteiger partial charge in [0, 0.05) is 17.6 Å². The Morgan fingerprint density at radius 1 is 1.18 bits per heavy atom. The van der Waals surface area contributed by atoms with Crippen molar-refractivity contribution in [1.29, 1.82) is 0 Å². The van der Waals surface area contributed by atoms with E-state index in [9.17, 15) is 4.79 Å². The first-order valence-electron chi connectivity index (χ1n) is 8.32. The molecule has 1 N–H and O–H groups in total. The van der Waals surface area contributed by atoms with Crippen molar-refractivity contribution >= 4 is 35.0 Å². The van der Waals surface area contributed by atoms with Crippen LogP contribution < -0.4 is 14.8 Å². The molecule has 0 unspecified atom stereocenters. The molecule has 146 valence electrons. The lowest BCUT2D eigenvalue weighted by Gasteiger charge is -2.10. The third-order valence-corrected chi connectivity index (χ3v) is 5.19. The maximum Gasteiger partial charge on any atom is 0.234 e. The molecule has 0 saturated heterocycles. The van der Waals surface area contributed by atoms with Gasteiger partial charge in [-0.05, 0) is 30.3 Å². The van der Waals surface area contributed by atoms with Crippen LogP contribution >= 0.6 is 23.4 Å². The van der Waals surface area contributed by atoms with E-state index in [0.29, 0.717) is 27.4 Å². The Bertz CT molecular complexity index is 993. The van der Waals surface area contributed by atoms with E-state index in [1.165, 1.54) is 18.9 Å². The van der Waals surface area contributed by atoms with Gasteiger partial charge in [-0.3, -0.25) is 4.79 Å². The predicted octanol–water partition coefficient (Wildman–Crippen LogP) is 3.88. The number of nitrogens with zero attached hydrogens (tertiary/aromatic N) is 3. The SMILES string of the molecule is COc1cccc(-c2nnc(SCC(=O)Nc3cc(Cl)ccc3OC)n2C)c1. The zero-order valence-electron chi connectivity index (χ0n) is 15.6. The van der Waals surface area contributed by atoms with Crippen LogP contribution in [-0.4, -0.2) is 40.6 Å². The van der Waals surface area contributed by atoms with E-state index in [0.717, 1.165) is 11.3 Å². The highest BCUT2D eigenvalue weighted by atomic mass is 35.5. The number of amides is 1. The fourth-order valence-electron chi connectivity index (χ4n) is 2.55. The van der Waals surface area contributed by atoms with Gasteiger partial charge in [-0.1, -0.05) is 35.5 Å². The van der Waals surface area contributed by atoms with E-state index >= 15 is 0 Å². The van der Waals surface area contributed by atoms with Gasteiger partial charge in [0.1, 0.15) is 11.5 Å². The molecule has 3 rings (SSSR count). The Kier molecular flexibility index (Phi) is 6.43. The fraction of sp³-hybridized carbons (Fsp3) is 0.211. The van der Waals surface area contributed by atoms with Crippen molar-refractivity contribution < 1.29 is 14.3 Å². The lowest BCUT2D eigenvalue weighted by atomic mass is 10.2. The number of nitrogens with one attached hydrogen (secondary N) is 1. The number of anilines is 1. The minimum Gasteiger partial charge on any atom is -0.497 e. The Morgan fingerprint density at radius 2 is 2.00 bits per heavy atom. The smallest absolute Gasteiger partial charge is 0.234 e. The van der Waals surface area contributed by atoms with Crippen molar-refractivity contribution in [2.75, 3.05) is 25.3 Å². The highest BCUT2D eigenvalue weighted by molar-refractivity contribution is 7.99. The molecule has 0 saturated carbocycles. The lowest BCUT2D eigenvalue weighted by molar-refractivity contribution is -0.113. The van der Waals surface area contributed by atoms with E-state index in [1.807, 2.05) is 35.9 Å². The molecule has 0 radical (unpaired) electrons. The molecule has 9 heteroatoms. The first kappa shape index (κ1) is 20.0. The van der Waals surface area contributed by atoms with Crippen molar-refractivity contribution in [2.24, 2.45) is 7.05 Å².